The molecule has 0 unspecified atom stereocenters. The molecule has 5 nitrogen and oxygen atoms in total. The van der Waals surface area contributed by atoms with E-state index in [1.165, 1.54) is 0 Å². The minimum Gasteiger partial charge on any atom is -0.455 e. The summed E-state index contributed by atoms with van der Waals surface area (Å²) in [5.74, 6) is 0.323. The lowest BCUT2D eigenvalue weighted by Crippen LogP contribution is -2.00. The number of benzene rings is 7. The van der Waals surface area contributed by atoms with Gasteiger partial charge in [0.25, 0.3) is 0 Å². The van der Waals surface area contributed by atoms with Crippen molar-refractivity contribution in [1.82, 2.24) is 15.0 Å². The van der Waals surface area contributed by atoms with E-state index in [1.54, 1.807) is 0 Å². The van der Waals surface area contributed by atoms with Crippen molar-refractivity contribution in [2.24, 2.45) is 0 Å². The molecule has 10 rings (SSSR count). The summed E-state index contributed by atoms with van der Waals surface area (Å²) in [5.41, 5.74) is 3.70. The molecule has 0 saturated carbocycles. The second kappa shape index (κ2) is 10.5. The van der Waals surface area contributed by atoms with Crippen LogP contribution in [0, 0.1) is 0 Å². The lowest BCUT2D eigenvalue weighted by molar-refractivity contribution is 0.669. The van der Waals surface area contributed by atoms with Crippen molar-refractivity contribution in [3.8, 4) is 45.3 Å². The number of nitrogens with zero attached hydrogens (tertiary/aromatic N) is 3. The minimum atomic E-state index is -0.566. The molecule has 0 aliphatic carbocycles. The number of hydrogen-bond donors (Lipinski definition) is 0. The highest BCUT2D eigenvalue weighted by molar-refractivity contribution is 6.17. The molecule has 0 amide bonds. The molecule has 0 spiro atoms. The van der Waals surface area contributed by atoms with Gasteiger partial charge in [0.15, 0.2) is 17.5 Å². The number of rotatable bonds is 4. The predicted molar refractivity (Wildman–Crippen MR) is 194 cm³/mol. The summed E-state index contributed by atoms with van der Waals surface area (Å²) in [5, 5.41) is 1.17. The van der Waals surface area contributed by atoms with Gasteiger partial charge < -0.3 is 8.83 Å². The maximum absolute atomic E-state index is 9.45. The molecule has 0 aliphatic heterocycles. The van der Waals surface area contributed by atoms with Crippen LogP contribution in [0.3, 0.4) is 0 Å². The molecule has 0 radical (unpaired) electrons. The fourth-order valence-electron chi connectivity index (χ4n) is 6.20. The van der Waals surface area contributed by atoms with Crippen LogP contribution in [0.5, 0.6) is 0 Å². The van der Waals surface area contributed by atoms with Crippen molar-refractivity contribution in [2.75, 3.05) is 0 Å². The fourth-order valence-corrected chi connectivity index (χ4v) is 6.20. The summed E-state index contributed by atoms with van der Waals surface area (Å²) in [6.45, 7) is 0. The van der Waals surface area contributed by atoms with Gasteiger partial charge in [-0.3, -0.25) is 0 Å². The highest BCUT2D eigenvalue weighted by Crippen LogP contribution is 2.42. The first-order chi connectivity index (χ1) is 27.5. The molecule has 0 atom stereocenters. The first kappa shape index (κ1) is 19.2. The summed E-state index contributed by atoms with van der Waals surface area (Å²) in [4.78, 5) is 14.5. The Kier molecular flexibility index (Phi) is 4.18. The summed E-state index contributed by atoms with van der Waals surface area (Å²) in [6, 6.07) is 26.3. The first-order valence-corrected chi connectivity index (χ1v) is 15.2. The molecule has 0 fully saturated rings. The molecule has 0 saturated heterocycles. The Bertz CT molecular complexity index is 3350. The third-order valence-corrected chi connectivity index (χ3v) is 8.43. The summed E-state index contributed by atoms with van der Waals surface area (Å²) in [6.07, 6.45) is 0. The maximum atomic E-state index is 9.45. The number of hydrogen-bond acceptors (Lipinski definition) is 5. The second-order valence-electron chi connectivity index (χ2n) is 11.3. The molecule has 0 bridgehead atoms. The van der Waals surface area contributed by atoms with Gasteiger partial charge in [-0.2, -0.15) is 0 Å². The van der Waals surface area contributed by atoms with Gasteiger partial charge in [-0.05, 0) is 46.8 Å². The van der Waals surface area contributed by atoms with E-state index in [1.807, 2.05) is 97.1 Å². The Hall–Kier alpha value is -6.59. The van der Waals surface area contributed by atoms with Crippen LogP contribution in [-0.2, 0) is 0 Å². The molecule has 224 valence electrons. The third-order valence-electron chi connectivity index (χ3n) is 8.43. The predicted octanol–water partition coefficient (Wildman–Crippen LogP) is 11.5. The van der Waals surface area contributed by atoms with Crippen molar-refractivity contribution in [1.29, 1.82) is 0 Å². The lowest BCUT2D eigenvalue weighted by Gasteiger charge is -2.10. The highest BCUT2D eigenvalue weighted by atomic mass is 16.3. The molecule has 7 aromatic carbocycles. The molecule has 0 aliphatic rings. The average molecular weight is 625 g/mol. The molecule has 3 aromatic heterocycles. The normalized spacial score (nSPS) is 14.4. The molecule has 10 aromatic rings. The van der Waals surface area contributed by atoms with Crippen molar-refractivity contribution < 1.29 is 21.2 Å². The number of aromatic nitrogens is 3. The van der Waals surface area contributed by atoms with Crippen molar-refractivity contribution in [2.45, 2.75) is 0 Å². The zero-order valence-electron chi connectivity index (χ0n) is 33.9. The molecular formula is C43H25N3O2. The number of furan rings is 2. The van der Waals surface area contributed by atoms with E-state index in [0.717, 1.165) is 21.9 Å². The van der Waals surface area contributed by atoms with Gasteiger partial charge in [0.1, 0.15) is 22.3 Å². The quantitative estimate of drug-likeness (QED) is 0.195. The van der Waals surface area contributed by atoms with Crippen LogP contribution in [0.4, 0.5) is 0 Å². The van der Waals surface area contributed by atoms with Gasteiger partial charge in [0.05, 0.1) is 17.9 Å². The van der Waals surface area contributed by atoms with E-state index < -0.39 is 48.3 Å². The van der Waals surface area contributed by atoms with Gasteiger partial charge in [0, 0.05) is 38.1 Å². The van der Waals surface area contributed by atoms with Gasteiger partial charge in [-0.1, -0.05) is 121 Å². The molecule has 5 heteroatoms. The maximum Gasteiger partial charge on any atom is 0.167 e. The smallest absolute Gasteiger partial charge is 0.167 e. The van der Waals surface area contributed by atoms with Crippen LogP contribution in [-0.4, -0.2) is 15.0 Å². The van der Waals surface area contributed by atoms with E-state index in [9.17, 15) is 4.11 Å². The molecule has 3 heterocycles. The highest BCUT2D eigenvalue weighted by Gasteiger charge is 2.21. The second-order valence-corrected chi connectivity index (χ2v) is 11.3. The molecule has 0 N–H and O–H groups in total. The summed E-state index contributed by atoms with van der Waals surface area (Å²) >= 11 is 0. The van der Waals surface area contributed by atoms with Gasteiger partial charge in [-0.25, -0.2) is 15.0 Å². The van der Waals surface area contributed by atoms with Gasteiger partial charge >= 0.3 is 0 Å². The van der Waals surface area contributed by atoms with Gasteiger partial charge in [0.2, 0.25) is 0 Å². The van der Waals surface area contributed by atoms with Crippen LogP contribution in [0.25, 0.3) is 99.9 Å². The van der Waals surface area contributed by atoms with Crippen LogP contribution in [0.2, 0.25) is 0 Å². The SMILES string of the molecule is [2H]c1c([2H])c([2H])c2c(c1[2H])c([2H])c([2H])c1c2oc2c([2H])c(-c3nc(-c4ccccc4)nc(-c4ccc(-c5ccccc5)c5c4oc4ccccc45)n3)c([2H])c([2H])c21. The van der Waals surface area contributed by atoms with E-state index in [0.29, 0.717) is 22.3 Å². The fraction of sp³-hybridized carbons (Fsp3) is 0. The first-order valence-electron chi connectivity index (χ1n) is 19.7. The Morgan fingerprint density at radius 1 is 0.438 bits per heavy atom. The lowest BCUT2D eigenvalue weighted by atomic mass is 9.97. The summed E-state index contributed by atoms with van der Waals surface area (Å²) in [7, 11) is 0. The van der Waals surface area contributed by atoms with Crippen molar-refractivity contribution >= 4 is 54.6 Å². The van der Waals surface area contributed by atoms with E-state index in [4.69, 9.17) is 32.0 Å². The van der Waals surface area contributed by atoms with Crippen LogP contribution >= 0.6 is 0 Å². The van der Waals surface area contributed by atoms with Gasteiger partial charge in [-0.15, -0.1) is 0 Å². The van der Waals surface area contributed by atoms with E-state index in [2.05, 4.69) is 0 Å². The standard InChI is InChI=1S/C43H25N3O2/c1-3-11-26(12-4-1)30-23-24-35(40-38(30)34-17-9-10-18-36(34)47-40)43-45-41(28-14-5-2-6-15-28)44-42(46-43)29-20-21-32-33-22-19-27-13-7-8-16-31(27)39(33)48-37(32)25-29/h1-25H/i7D,8D,13D,16D,19D,20D,21D,22D,25D. The van der Waals surface area contributed by atoms with E-state index in [-0.39, 0.29) is 61.8 Å². The zero-order valence-corrected chi connectivity index (χ0v) is 24.9. The van der Waals surface area contributed by atoms with Crippen molar-refractivity contribution in [3.05, 3.63) is 151 Å². The summed E-state index contributed by atoms with van der Waals surface area (Å²) < 4.78 is 92.0. The van der Waals surface area contributed by atoms with Crippen LogP contribution in [0.15, 0.2) is 160 Å². The zero-order chi connectivity index (χ0) is 39.4. The molecular weight excluding hydrogens is 590 g/mol. The number of para-hydroxylation sites is 1. The monoisotopic (exact) mass is 624 g/mol. The molecule has 48 heavy (non-hydrogen) atoms. The topological polar surface area (TPSA) is 65.0 Å². The minimum absolute atomic E-state index is 0.0971. The largest absolute Gasteiger partial charge is 0.455 e. The number of fused-ring (bicyclic) bond motifs is 8. The van der Waals surface area contributed by atoms with Crippen LogP contribution < -0.4 is 0 Å². The Balaban J connectivity index is 1.28. The average Bonchev–Trinajstić information content (AvgIpc) is 3.83. The van der Waals surface area contributed by atoms with Crippen LogP contribution in [0.1, 0.15) is 12.3 Å². The third kappa shape index (κ3) is 4.15. The Morgan fingerprint density at radius 3 is 1.96 bits per heavy atom. The Morgan fingerprint density at radius 2 is 1.10 bits per heavy atom. The Labute approximate surface area is 287 Å². The van der Waals surface area contributed by atoms with E-state index >= 15 is 0 Å². The van der Waals surface area contributed by atoms with Crippen molar-refractivity contribution in [3.63, 3.8) is 0 Å².